The third-order valence-electron chi connectivity index (χ3n) is 1.53. The summed E-state index contributed by atoms with van der Waals surface area (Å²) in [4.78, 5) is 29.3. The molecule has 1 amide bonds. The highest BCUT2D eigenvalue weighted by molar-refractivity contribution is 6.34. The van der Waals surface area contributed by atoms with E-state index in [9.17, 15) is 14.4 Å². The van der Waals surface area contributed by atoms with Gasteiger partial charge in [-0.1, -0.05) is 19.8 Å². The van der Waals surface area contributed by atoms with E-state index in [0.29, 0.717) is 6.42 Å². The highest BCUT2D eigenvalue weighted by Gasteiger charge is 2.08. The number of nitrogens with two attached hydrogens (primary N) is 2. The number of primary amides is 1. The third-order valence-corrected chi connectivity index (χ3v) is 1.53. The van der Waals surface area contributed by atoms with Crippen molar-refractivity contribution in [3.05, 3.63) is 0 Å². The molecule has 0 aliphatic rings. The van der Waals surface area contributed by atoms with Gasteiger partial charge in [0.25, 0.3) is 5.91 Å². The topological polar surface area (TPSA) is 123 Å². The predicted molar refractivity (Wildman–Crippen MR) is 55.0 cm³/mol. The zero-order chi connectivity index (χ0) is 12.4. The molecule has 1 atom stereocenters. The minimum atomic E-state index is -0.900. The second-order valence-electron chi connectivity index (χ2n) is 3.01. The minimum absolute atomic E-state index is 0.589. The van der Waals surface area contributed by atoms with Crippen molar-refractivity contribution in [2.75, 3.05) is 0 Å². The summed E-state index contributed by atoms with van der Waals surface area (Å²) in [5, 5.41) is 8.28. The molecule has 0 heterocycles. The summed E-state index contributed by atoms with van der Waals surface area (Å²) in [6.45, 7) is 3.14. The Labute approximate surface area is 88.6 Å². The monoisotopic (exact) mass is 218 g/mol. The number of carboxylic acids is 1. The van der Waals surface area contributed by atoms with E-state index in [1.807, 2.05) is 6.92 Å². The lowest BCUT2D eigenvalue weighted by atomic mass is 10.1. The molecule has 0 bridgehead atoms. The van der Waals surface area contributed by atoms with E-state index in [2.05, 4.69) is 5.73 Å². The van der Waals surface area contributed by atoms with Crippen LogP contribution in [0.25, 0.3) is 0 Å². The van der Waals surface area contributed by atoms with Gasteiger partial charge < -0.3 is 16.6 Å². The summed E-state index contributed by atoms with van der Waals surface area (Å²) in [6, 6.07) is -0.662. The van der Waals surface area contributed by atoms with Gasteiger partial charge in [0.1, 0.15) is 6.04 Å². The largest absolute Gasteiger partial charge is 0.480 e. The first-order valence-corrected chi connectivity index (χ1v) is 4.61. The van der Waals surface area contributed by atoms with E-state index in [1.165, 1.54) is 0 Å². The van der Waals surface area contributed by atoms with Crippen molar-refractivity contribution in [3.8, 4) is 0 Å². The Morgan fingerprint density at radius 1 is 1.33 bits per heavy atom. The number of aliphatic carboxylic acids is 1. The molecule has 0 aliphatic heterocycles. The Kier molecular flexibility index (Phi) is 9.76. The number of rotatable bonds is 5. The maximum atomic E-state index is 10.1. The number of carbonyl (C=O) groups excluding carboxylic acids is 2. The molecule has 0 aromatic rings. The Morgan fingerprint density at radius 3 is 1.93 bits per heavy atom. The quantitative estimate of drug-likeness (QED) is 0.544. The van der Waals surface area contributed by atoms with E-state index < -0.39 is 23.7 Å². The average molecular weight is 218 g/mol. The van der Waals surface area contributed by atoms with Gasteiger partial charge in [0.15, 0.2) is 0 Å². The molecule has 0 aliphatic carbocycles. The lowest BCUT2D eigenvalue weighted by molar-refractivity contribution is -0.138. The molecule has 0 unspecified atom stereocenters. The molecule has 0 aromatic heterocycles. The SMILES string of the molecule is CC(=O)C(N)=O.CCCC[C@H](N)C(=O)O. The van der Waals surface area contributed by atoms with Crippen molar-refractivity contribution in [3.63, 3.8) is 0 Å². The molecule has 0 spiro atoms. The summed E-state index contributed by atoms with van der Waals surface area (Å²) in [7, 11) is 0. The number of carboxylic acid groups (broad SMARTS) is 1. The summed E-state index contributed by atoms with van der Waals surface area (Å²) in [5.41, 5.74) is 9.65. The highest BCUT2D eigenvalue weighted by Crippen LogP contribution is 1.96. The smallest absolute Gasteiger partial charge is 0.320 e. The second-order valence-corrected chi connectivity index (χ2v) is 3.01. The Bertz CT molecular complexity index is 216. The molecular weight excluding hydrogens is 200 g/mol. The zero-order valence-electron chi connectivity index (χ0n) is 9.03. The van der Waals surface area contributed by atoms with Gasteiger partial charge >= 0.3 is 5.97 Å². The van der Waals surface area contributed by atoms with Crippen LogP contribution in [0.15, 0.2) is 0 Å². The van der Waals surface area contributed by atoms with Crippen LogP contribution in [0, 0.1) is 0 Å². The molecule has 88 valence electrons. The van der Waals surface area contributed by atoms with E-state index >= 15 is 0 Å². The lowest BCUT2D eigenvalue weighted by Crippen LogP contribution is -2.29. The molecule has 0 saturated heterocycles. The fourth-order valence-corrected chi connectivity index (χ4v) is 0.548. The third kappa shape index (κ3) is 12.6. The molecule has 0 rings (SSSR count). The van der Waals surface area contributed by atoms with Crippen molar-refractivity contribution in [1.82, 2.24) is 0 Å². The summed E-state index contributed by atoms with van der Waals surface area (Å²) >= 11 is 0. The molecule has 6 heteroatoms. The van der Waals surface area contributed by atoms with Gasteiger partial charge in [0.2, 0.25) is 5.78 Å². The van der Waals surface area contributed by atoms with E-state index in [-0.39, 0.29) is 0 Å². The van der Waals surface area contributed by atoms with Crippen LogP contribution in [0.5, 0.6) is 0 Å². The van der Waals surface area contributed by atoms with Crippen LogP contribution in [-0.2, 0) is 14.4 Å². The van der Waals surface area contributed by atoms with Crippen LogP contribution in [0.3, 0.4) is 0 Å². The summed E-state index contributed by atoms with van der Waals surface area (Å²) in [6.07, 6.45) is 2.49. The van der Waals surface area contributed by atoms with Crippen molar-refractivity contribution in [1.29, 1.82) is 0 Å². The van der Waals surface area contributed by atoms with E-state index in [4.69, 9.17) is 10.8 Å². The van der Waals surface area contributed by atoms with Crippen LogP contribution in [-0.4, -0.2) is 28.8 Å². The van der Waals surface area contributed by atoms with Gasteiger partial charge in [0, 0.05) is 6.92 Å². The van der Waals surface area contributed by atoms with Gasteiger partial charge in [0.05, 0.1) is 0 Å². The van der Waals surface area contributed by atoms with Crippen molar-refractivity contribution < 1.29 is 19.5 Å². The standard InChI is InChI=1S/C6H13NO2.C3H5NO2/c1-2-3-4-5(7)6(8)9;1-2(5)3(4)6/h5H,2-4,7H2,1H3,(H,8,9);1H3,(H2,4,6)/t5-;/m0./s1. The number of Topliss-reactive ketones (excluding diaryl/α,β-unsaturated/α-hetero) is 1. The zero-order valence-corrected chi connectivity index (χ0v) is 9.03. The van der Waals surface area contributed by atoms with Gasteiger partial charge in [-0.25, -0.2) is 0 Å². The molecule has 0 saturated carbocycles. The number of carbonyl (C=O) groups is 3. The lowest BCUT2D eigenvalue weighted by Gasteiger charge is -2.02. The molecule has 0 aromatic carbocycles. The van der Waals surface area contributed by atoms with Crippen molar-refractivity contribution >= 4 is 17.7 Å². The first-order chi connectivity index (χ1) is 6.82. The maximum Gasteiger partial charge on any atom is 0.320 e. The number of hydrogen-bond acceptors (Lipinski definition) is 4. The fraction of sp³-hybridized carbons (Fsp3) is 0.667. The van der Waals surface area contributed by atoms with Gasteiger partial charge in [-0.05, 0) is 6.42 Å². The number of ketones is 1. The predicted octanol–water partition coefficient (Wildman–Crippen LogP) is -0.351. The Hall–Kier alpha value is -1.43. The molecule has 15 heavy (non-hydrogen) atoms. The molecule has 0 radical (unpaired) electrons. The fourth-order valence-electron chi connectivity index (χ4n) is 0.548. The van der Waals surface area contributed by atoms with Crippen LogP contribution in [0.4, 0.5) is 0 Å². The number of unbranched alkanes of at least 4 members (excludes halogenated alkanes) is 1. The number of hydrogen-bond donors (Lipinski definition) is 3. The average Bonchev–Trinajstić information content (AvgIpc) is 2.14. The summed E-state index contributed by atoms with van der Waals surface area (Å²) < 4.78 is 0. The van der Waals surface area contributed by atoms with Crippen LogP contribution in [0.2, 0.25) is 0 Å². The van der Waals surface area contributed by atoms with Crippen molar-refractivity contribution in [2.24, 2.45) is 11.5 Å². The first-order valence-electron chi connectivity index (χ1n) is 4.61. The summed E-state index contributed by atoms with van der Waals surface area (Å²) in [5.74, 6) is -2.38. The molecule has 5 N–H and O–H groups in total. The van der Waals surface area contributed by atoms with Crippen LogP contribution in [0.1, 0.15) is 33.1 Å². The Morgan fingerprint density at radius 2 is 1.73 bits per heavy atom. The Balaban J connectivity index is 0. The normalized spacial score (nSPS) is 10.9. The van der Waals surface area contributed by atoms with Gasteiger partial charge in [-0.2, -0.15) is 0 Å². The van der Waals surface area contributed by atoms with Gasteiger partial charge in [-0.3, -0.25) is 14.4 Å². The molecule has 0 fully saturated rings. The second kappa shape index (κ2) is 9.14. The van der Waals surface area contributed by atoms with E-state index in [0.717, 1.165) is 19.8 Å². The highest BCUT2D eigenvalue weighted by atomic mass is 16.4. The molecular formula is C9H18N2O4. The van der Waals surface area contributed by atoms with Gasteiger partial charge in [-0.15, -0.1) is 0 Å². The van der Waals surface area contributed by atoms with Crippen LogP contribution >= 0.6 is 0 Å². The first kappa shape index (κ1) is 16.0. The minimum Gasteiger partial charge on any atom is -0.480 e. The number of amides is 1. The molecule has 6 nitrogen and oxygen atoms in total. The van der Waals surface area contributed by atoms with E-state index in [1.54, 1.807) is 0 Å². The van der Waals surface area contributed by atoms with Crippen molar-refractivity contribution in [2.45, 2.75) is 39.2 Å². The van der Waals surface area contributed by atoms with Crippen LogP contribution < -0.4 is 11.5 Å². The maximum absolute atomic E-state index is 10.1.